The van der Waals surface area contributed by atoms with E-state index in [1.165, 1.54) is 31.4 Å². The van der Waals surface area contributed by atoms with Crippen LogP contribution in [0.1, 0.15) is 36.4 Å². The van der Waals surface area contributed by atoms with Crippen molar-refractivity contribution in [3.63, 3.8) is 0 Å². The number of hydrogen-bond donors (Lipinski definition) is 2. The van der Waals surface area contributed by atoms with Gasteiger partial charge in [-0.25, -0.2) is 4.98 Å². The largest absolute Gasteiger partial charge is 0.324 e. The standard InChI is InChI=1S/C12H21N3S/c1-10-15-11(8-16-10)4-7-14-9-12(13)5-2-3-6-12/h8,14H,2-7,9,13H2,1H3. The molecule has 1 heterocycles. The molecule has 1 aliphatic rings. The van der Waals surface area contributed by atoms with E-state index in [4.69, 9.17) is 5.73 Å². The summed E-state index contributed by atoms with van der Waals surface area (Å²) < 4.78 is 0. The van der Waals surface area contributed by atoms with Gasteiger partial charge in [0, 0.05) is 30.4 Å². The topological polar surface area (TPSA) is 50.9 Å². The van der Waals surface area contributed by atoms with Crippen LogP contribution < -0.4 is 11.1 Å². The Labute approximate surface area is 101 Å². The third kappa shape index (κ3) is 3.27. The Balaban J connectivity index is 1.65. The minimum absolute atomic E-state index is 0.0675. The first-order chi connectivity index (χ1) is 7.68. The van der Waals surface area contributed by atoms with Crippen molar-refractivity contribution in [1.82, 2.24) is 10.3 Å². The molecule has 0 saturated heterocycles. The van der Waals surface area contributed by atoms with Gasteiger partial charge in [0.2, 0.25) is 0 Å². The van der Waals surface area contributed by atoms with Gasteiger partial charge in [0.1, 0.15) is 0 Å². The molecule has 0 spiro atoms. The minimum Gasteiger partial charge on any atom is -0.324 e. The second-order valence-electron chi connectivity index (χ2n) is 4.85. The molecule has 1 aliphatic carbocycles. The summed E-state index contributed by atoms with van der Waals surface area (Å²) >= 11 is 1.72. The van der Waals surface area contributed by atoms with Crippen molar-refractivity contribution >= 4 is 11.3 Å². The summed E-state index contributed by atoms with van der Waals surface area (Å²) in [5.74, 6) is 0. The molecule has 0 unspecified atom stereocenters. The molecule has 0 bridgehead atoms. The van der Waals surface area contributed by atoms with Crippen molar-refractivity contribution in [3.8, 4) is 0 Å². The van der Waals surface area contributed by atoms with Gasteiger partial charge < -0.3 is 11.1 Å². The van der Waals surface area contributed by atoms with Gasteiger partial charge in [-0.3, -0.25) is 0 Å². The Morgan fingerprint density at radius 2 is 2.25 bits per heavy atom. The highest BCUT2D eigenvalue weighted by Crippen LogP contribution is 2.26. The van der Waals surface area contributed by atoms with E-state index in [9.17, 15) is 0 Å². The maximum absolute atomic E-state index is 6.27. The molecule has 3 nitrogen and oxygen atoms in total. The number of hydrogen-bond acceptors (Lipinski definition) is 4. The zero-order valence-corrected chi connectivity index (χ0v) is 10.8. The number of thiazole rings is 1. The highest BCUT2D eigenvalue weighted by atomic mass is 32.1. The van der Waals surface area contributed by atoms with Gasteiger partial charge in [-0.05, 0) is 19.8 Å². The van der Waals surface area contributed by atoms with E-state index in [-0.39, 0.29) is 5.54 Å². The van der Waals surface area contributed by atoms with Gasteiger partial charge in [0.15, 0.2) is 0 Å². The van der Waals surface area contributed by atoms with E-state index in [2.05, 4.69) is 22.6 Å². The van der Waals surface area contributed by atoms with Crippen LogP contribution in [0.2, 0.25) is 0 Å². The first kappa shape index (κ1) is 12.0. The average molecular weight is 239 g/mol. The summed E-state index contributed by atoms with van der Waals surface area (Å²) in [5.41, 5.74) is 7.54. The quantitative estimate of drug-likeness (QED) is 0.771. The summed E-state index contributed by atoms with van der Waals surface area (Å²) in [6.07, 6.45) is 5.96. The van der Waals surface area contributed by atoms with Crippen molar-refractivity contribution in [2.75, 3.05) is 13.1 Å². The maximum atomic E-state index is 6.27. The molecule has 0 aliphatic heterocycles. The van der Waals surface area contributed by atoms with E-state index in [1.54, 1.807) is 11.3 Å². The summed E-state index contributed by atoms with van der Waals surface area (Å²) in [6.45, 7) is 3.99. The van der Waals surface area contributed by atoms with Gasteiger partial charge >= 0.3 is 0 Å². The Hall–Kier alpha value is -0.450. The fraction of sp³-hybridized carbons (Fsp3) is 0.750. The van der Waals surface area contributed by atoms with Crippen LogP contribution in [0.25, 0.3) is 0 Å². The number of nitrogens with one attached hydrogen (secondary N) is 1. The lowest BCUT2D eigenvalue weighted by atomic mass is 9.99. The van der Waals surface area contributed by atoms with Crippen LogP contribution in [0, 0.1) is 6.92 Å². The number of rotatable bonds is 5. The molecular formula is C12H21N3S. The molecule has 0 amide bonds. The Bertz CT molecular complexity index is 329. The first-order valence-corrected chi connectivity index (χ1v) is 6.97. The van der Waals surface area contributed by atoms with Crippen LogP contribution in [0.5, 0.6) is 0 Å². The molecule has 0 radical (unpaired) electrons. The third-order valence-electron chi connectivity index (χ3n) is 3.30. The highest BCUT2D eigenvalue weighted by molar-refractivity contribution is 7.09. The smallest absolute Gasteiger partial charge is 0.0897 e. The minimum atomic E-state index is 0.0675. The molecule has 1 aromatic heterocycles. The van der Waals surface area contributed by atoms with Gasteiger partial charge in [0.05, 0.1) is 10.7 Å². The lowest BCUT2D eigenvalue weighted by molar-refractivity contribution is 0.406. The zero-order chi connectivity index (χ0) is 11.4. The lowest BCUT2D eigenvalue weighted by Gasteiger charge is -2.23. The van der Waals surface area contributed by atoms with Crippen LogP contribution in [-0.4, -0.2) is 23.6 Å². The van der Waals surface area contributed by atoms with Gasteiger partial charge in [0.25, 0.3) is 0 Å². The molecule has 0 atom stereocenters. The van der Waals surface area contributed by atoms with Gasteiger partial charge in [-0.2, -0.15) is 0 Å². The van der Waals surface area contributed by atoms with Crippen LogP contribution in [0.3, 0.4) is 0 Å². The molecule has 1 saturated carbocycles. The molecule has 16 heavy (non-hydrogen) atoms. The van der Waals surface area contributed by atoms with Crippen molar-refractivity contribution in [2.24, 2.45) is 5.73 Å². The summed E-state index contributed by atoms with van der Waals surface area (Å²) in [6, 6.07) is 0. The second kappa shape index (κ2) is 5.25. The zero-order valence-electron chi connectivity index (χ0n) is 9.96. The maximum Gasteiger partial charge on any atom is 0.0897 e. The van der Waals surface area contributed by atoms with Crippen LogP contribution in [0.15, 0.2) is 5.38 Å². The number of nitrogens with two attached hydrogens (primary N) is 1. The van der Waals surface area contributed by atoms with Crippen molar-refractivity contribution in [1.29, 1.82) is 0 Å². The second-order valence-corrected chi connectivity index (χ2v) is 5.92. The van der Waals surface area contributed by atoms with Gasteiger partial charge in [-0.1, -0.05) is 12.8 Å². The summed E-state index contributed by atoms with van der Waals surface area (Å²) in [5, 5.41) is 6.76. The Morgan fingerprint density at radius 3 is 2.88 bits per heavy atom. The van der Waals surface area contributed by atoms with Crippen LogP contribution in [-0.2, 0) is 6.42 Å². The fourth-order valence-electron chi connectivity index (χ4n) is 2.33. The molecular weight excluding hydrogens is 218 g/mol. The predicted molar refractivity (Wildman–Crippen MR) is 68.8 cm³/mol. The number of nitrogens with zero attached hydrogens (tertiary/aromatic N) is 1. The molecule has 2 rings (SSSR count). The summed E-state index contributed by atoms with van der Waals surface area (Å²) in [7, 11) is 0. The fourth-order valence-corrected chi connectivity index (χ4v) is 2.98. The Kier molecular flexibility index (Phi) is 3.95. The van der Waals surface area contributed by atoms with E-state index < -0.39 is 0 Å². The average Bonchev–Trinajstić information content (AvgIpc) is 2.84. The Morgan fingerprint density at radius 1 is 1.50 bits per heavy atom. The third-order valence-corrected chi connectivity index (χ3v) is 4.12. The van der Waals surface area contributed by atoms with Crippen molar-refractivity contribution in [2.45, 2.75) is 44.6 Å². The van der Waals surface area contributed by atoms with E-state index in [0.717, 1.165) is 24.5 Å². The lowest BCUT2D eigenvalue weighted by Crippen LogP contribution is -2.46. The molecule has 0 aromatic carbocycles. The monoisotopic (exact) mass is 239 g/mol. The van der Waals surface area contributed by atoms with Crippen LogP contribution >= 0.6 is 11.3 Å². The van der Waals surface area contributed by atoms with Crippen LogP contribution in [0.4, 0.5) is 0 Å². The SMILES string of the molecule is Cc1nc(CCNCC2(N)CCCC2)cs1. The van der Waals surface area contributed by atoms with Crippen molar-refractivity contribution < 1.29 is 0 Å². The molecule has 1 fully saturated rings. The molecule has 90 valence electrons. The normalized spacial score (nSPS) is 19.1. The van der Waals surface area contributed by atoms with E-state index >= 15 is 0 Å². The van der Waals surface area contributed by atoms with Gasteiger partial charge in [-0.15, -0.1) is 11.3 Å². The molecule has 1 aromatic rings. The summed E-state index contributed by atoms with van der Waals surface area (Å²) in [4.78, 5) is 4.44. The predicted octanol–water partition coefficient (Wildman–Crippen LogP) is 1.86. The first-order valence-electron chi connectivity index (χ1n) is 6.09. The molecule has 3 N–H and O–H groups in total. The van der Waals surface area contributed by atoms with E-state index in [0.29, 0.717) is 0 Å². The van der Waals surface area contributed by atoms with Crippen molar-refractivity contribution in [3.05, 3.63) is 16.1 Å². The highest BCUT2D eigenvalue weighted by Gasteiger charge is 2.28. The van der Waals surface area contributed by atoms with E-state index in [1.807, 2.05) is 0 Å². The number of aryl methyl sites for hydroxylation is 1. The molecule has 4 heteroatoms. The number of aromatic nitrogens is 1.